The van der Waals surface area contributed by atoms with Crippen LogP contribution in [-0.4, -0.2) is 0 Å². The van der Waals surface area contributed by atoms with Gasteiger partial charge in [-0.1, -0.05) is 153 Å². The van der Waals surface area contributed by atoms with Gasteiger partial charge in [0, 0.05) is 10.8 Å². The van der Waals surface area contributed by atoms with Gasteiger partial charge in [-0.25, -0.2) is 0 Å². The number of furan rings is 1. The van der Waals surface area contributed by atoms with Crippen LogP contribution in [0.3, 0.4) is 0 Å². The Balaban J connectivity index is 0.00000149. The minimum absolute atomic E-state index is 0.907. The molecule has 0 saturated carbocycles. The van der Waals surface area contributed by atoms with Crippen molar-refractivity contribution in [3.63, 3.8) is 0 Å². The fourth-order valence-electron chi connectivity index (χ4n) is 7.68. The molecule has 1 aliphatic carbocycles. The number of hydrogen-bond donors (Lipinski definition) is 0. The van der Waals surface area contributed by atoms with Gasteiger partial charge in [-0.3, -0.25) is 0 Å². The lowest BCUT2D eigenvalue weighted by Gasteiger charge is -2.13. The van der Waals surface area contributed by atoms with E-state index in [0.717, 1.165) is 21.9 Å². The summed E-state index contributed by atoms with van der Waals surface area (Å²) in [4.78, 5) is 0. The van der Waals surface area contributed by atoms with Crippen molar-refractivity contribution in [2.75, 3.05) is 0 Å². The molecular weight excluding hydrogens is 569 g/mol. The molecule has 0 spiro atoms. The molecule has 0 atom stereocenters. The topological polar surface area (TPSA) is 13.1 Å². The van der Waals surface area contributed by atoms with Crippen LogP contribution in [0.15, 0.2) is 162 Å². The summed E-state index contributed by atoms with van der Waals surface area (Å²) in [6.07, 6.45) is 0. The highest BCUT2D eigenvalue weighted by Gasteiger charge is 2.25. The SMILES string of the molecule is CC.c1ccc(-c2ccc(-c3ccc4oc5cccc(-c6ccc7cccc8c7c6-c6ccccc6-8)c5c4c3)c3ccccc23)cc1. The average molecular weight is 601 g/mol. The molecule has 8 aromatic carbocycles. The molecule has 47 heavy (non-hydrogen) atoms. The molecule has 0 bridgehead atoms. The first kappa shape index (κ1) is 27.4. The lowest BCUT2D eigenvalue weighted by molar-refractivity contribution is 0.669. The Kier molecular flexibility index (Phi) is 6.33. The molecule has 10 rings (SSSR count). The predicted molar refractivity (Wildman–Crippen MR) is 201 cm³/mol. The van der Waals surface area contributed by atoms with Gasteiger partial charge in [-0.2, -0.15) is 0 Å². The van der Waals surface area contributed by atoms with Crippen LogP contribution in [0.25, 0.3) is 99.1 Å². The molecule has 222 valence electrons. The Morgan fingerprint density at radius 2 is 0.957 bits per heavy atom. The first-order valence-electron chi connectivity index (χ1n) is 16.5. The van der Waals surface area contributed by atoms with Gasteiger partial charge in [0.15, 0.2) is 0 Å². The molecule has 0 fully saturated rings. The van der Waals surface area contributed by atoms with Crippen LogP contribution in [0.4, 0.5) is 0 Å². The van der Waals surface area contributed by atoms with E-state index < -0.39 is 0 Å². The zero-order chi connectivity index (χ0) is 31.5. The third-order valence-electron chi connectivity index (χ3n) is 9.64. The Morgan fingerprint density at radius 1 is 0.340 bits per heavy atom. The van der Waals surface area contributed by atoms with Gasteiger partial charge in [0.25, 0.3) is 0 Å². The van der Waals surface area contributed by atoms with Crippen LogP contribution in [0.5, 0.6) is 0 Å². The third-order valence-corrected chi connectivity index (χ3v) is 9.64. The number of hydrogen-bond acceptors (Lipinski definition) is 1. The smallest absolute Gasteiger partial charge is 0.136 e. The molecule has 1 nitrogen and oxygen atoms in total. The summed E-state index contributed by atoms with van der Waals surface area (Å²) in [7, 11) is 0. The Labute approximate surface area is 274 Å². The zero-order valence-corrected chi connectivity index (χ0v) is 26.4. The van der Waals surface area contributed by atoms with E-state index in [1.54, 1.807) is 0 Å². The van der Waals surface area contributed by atoms with E-state index in [9.17, 15) is 0 Å². The van der Waals surface area contributed by atoms with E-state index in [2.05, 4.69) is 158 Å². The fourth-order valence-corrected chi connectivity index (χ4v) is 7.68. The maximum atomic E-state index is 6.51. The standard InChI is InChI=1S/C44H26O.C2H6/c1-2-10-27(11-3-1)30-23-24-31(33-14-5-4-13-32(30)33)29-21-25-40-39(26-29)43-37(18-9-19-41(43)45-40)38-22-20-28-12-8-17-35-34-15-6-7-16-36(34)44(38)42(28)35;1-2/h1-26H;1-2H3. The zero-order valence-electron chi connectivity index (χ0n) is 26.4. The van der Waals surface area contributed by atoms with E-state index >= 15 is 0 Å². The molecule has 1 heteroatoms. The number of benzene rings is 8. The van der Waals surface area contributed by atoms with Crippen molar-refractivity contribution in [3.05, 3.63) is 158 Å². The van der Waals surface area contributed by atoms with Gasteiger partial charge >= 0.3 is 0 Å². The molecule has 0 aliphatic heterocycles. The predicted octanol–water partition coefficient (Wildman–Crippen LogP) is 13.6. The maximum Gasteiger partial charge on any atom is 0.136 e. The second-order valence-corrected chi connectivity index (χ2v) is 12.0. The van der Waals surface area contributed by atoms with Crippen molar-refractivity contribution in [1.82, 2.24) is 0 Å². The van der Waals surface area contributed by atoms with Crippen molar-refractivity contribution in [2.45, 2.75) is 13.8 Å². The summed E-state index contributed by atoms with van der Waals surface area (Å²) in [6.45, 7) is 4.00. The van der Waals surface area contributed by atoms with Gasteiger partial charge in [-0.15, -0.1) is 0 Å². The van der Waals surface area contributed by atoms with E-state index in [0.29, 0.717) is 0 Å². The first-order chi connectivity index (χ1) is 23.3. The van der Waals surface area contributed by atoms with Crippen molar-refractivity contribution in [2.24, 2.45) is 0 Å². The van der Waals surface area contributed by atoms with Gasteiger partial charge in [0.05, 0.1) is 0 Å². The fraction of sp³-hybridized carbons (Fsp3) is 0.0435. The summed E-state index contributed by atoms with van der Waals surface area (Å²) < 4.78 is 6.51. The summed E-state index contributed by atoms with van der Waals surface area (Å²) >= 11 is 0. The highest BCUT2D eigenvalue weighted by Crippen LogP contribution is 2.52. The minimum atomic E-state index is 0.907. The van der Waals surface area contributed by atoms with Crippen LogP contribution >= 0.6 is 0 Å². The highest BCUT2D eigenvalue weighted by molar-refractivity contribution is 6.22. The van der Waals surface area contributed by atoms with Gasteiger partial charge < -0.3 is 4.42 Å². The lowest BCUT2D eigenvalue weighted by atomic mass is 9.89. The van der Waals surface area contributed by atoms with E-state index in [-0.39, 0.29) is 0 Å². The van der Waals surface area contributed by atoms with Crippen molar-refractivity contribution >= 4 is 43.5 Å². The molecule has 1 aliphatic rings. The van der Waals surface area contributed by atoms with Crippen molar-refractivity contribution in [3.8, 4) is 55.6 Å². The second kappa shape index (κ2) is 10.9. The molecule has 1 heterocycles. The Morgan fingerprint density at radius 3 is 1.74 bits per heavy atom. The van der Waals surface area contributed by atoms with Gasteiger partial charge in [-0.05, 0) is 95.4 Å². The van der Waals surface area contributed by atoms with Crippen molar-refractivity contribution < 1.29 is 4.42 Å². The van der Waals surface area contributed by atoms with E-state index in [1.165, 1.54) is 77.2 Å². The molecule has 1 aromatic heterocycles. The molecule has 0 saturated heterocycles. The van der Waals surface area contributed by atoms with E-state index in [4.69, 9.17) is 4.42 Å². The summed E-state index contributed by atoms with van der Waals surface area (Å²) in [6, 6.07) is 57.2. The Bertz CT molecular complexity index is 2640. The summed E-state index contributed by atoms with van der Waals surface area (Å²) in [5.41, 5.74) is 14.4. The lowest BCUT2D eigenvalue weighted by Crippen LogP contribution is -1.87. The van der Waals surface area contributed by atoms with Crippen LogP contribution < -0.4 is 0 Å². The van der Waals surface area contributed by atoms with Gasteiger partial charge in [0.1, 0.15) is 11.2 Å². The number of fused-ring (bicyclic) bond motifs is 7. The molecule has 0 N–H and O–H groups in total. The van der Waals surface area contributed by atoms with Crippen LogP contribution in [0.2, 0.25) is 0 Å². The minimum Gasteiger partial charge on any atom is -0.456 e. The van der Waals surface area contributed by atoms with Gasteiger partial charge in [0.2, 0.25) is 0 Å². The van der Waals surface area contributed by atoms with Crippen molar-refractivity contribution in [1.29, 1.82) is 0 Å². The highest BCUT2D eigenvalue weighted by atomic mass is 16.3. The first-order valence-corrected chi connectivity index (χ1v) is 16.5. The largest absolute Gasteiger partial charge is 0.456 e. The molecule has 9 aromatic rings. The van der Waals surface area contributed by atoms with Crippen LogP contribution in [-0.2, 0) is 0 Å². The van der Waals surface area contributed by atoms with E-state index in [1.807, 2.05) is 13.8 Å². The normalized spacial score (nSPS) is 11.6. The maximum absolute atomic E-state index is 6.51. The second-order valence-electron chi connectivity index (χ2n) is 12.0. The molecule has 0 unspecified atom stereocenters. The summed E-state index contributed by atoms with van der Waals surface area (Å²) in [5, 5.41) is 7.43. The van der Waals surface area contributed by atoms with Crippen LogP contribution in [0.1, 0.15) is 13.8 Å². The number of rotatable bonds is 3. The quantitative estimate of drug-likeness (QED) is 0.197. The monoisotopic (exact) mass is 600 g/mol. The third kappa shape index (κ3) is 4.10. The average Bonchev–Trinajstić information content (AvgIpc) is 3.69. The molecule has 0 amide bonds. The summed E-state index contributed by atoms with van der Waals surface area (Å²) in [5.74, 6) is 0. The Hall–Kier alpha value is -5.92. The molecule has 0 radical (unpaired) electrons. The molecular formula is C46H32O. The van der Waals surface area contributed by atoms with Crippen LogP contribution in [0, 0.1) is 0 Å².